The molecule has 3 aliphatic rings. The van der Waals surface area contributed by atoms with Crippen molar-refractivity contribution in [3.05, 3.63) is 16.6 Å². The van der Waals surface area contributed by atoms with Crippen molar-refractivity contribution < 1.29 is 9.47 Å². The zero-order valence-corrected chi connectivity index (χ0v) is 15.5. The van der Waals surface area contributed by atoms with E-state index < -0.39 is 0 Å². The summed E-state index contributed by atoms with van der Waals surface area (Å²) in [7, 11) is 1.83. The van der Waals surface area contributed by atoms with Crippen LogP contribution in [0.1, 0.15) is 30.7 Å². The molecule has 0 aromatic carbocycles. The van der Waals surface area contributed by atoms with Crippen molar-refractivity contribution in [3.8, 4) is 0 Å². The van der Waals surface area contributed by atoms with Gasteiger partial charge in [-0.25, -0.2) is 4.98 Å². The molecular formula is C18H29N3O2S. The molecule has 0 amide bonds. The number of methoxy groups -OCH3 is 1. The van der Waals surface area contributed by atoms with Gasteiger partial charge < -0.3 is 9.47 Å². The Morgan fingerprint density at radius 2 is 2.29 bits per heavy atom. The molecule has 5 nitrogen and oxygen atoms in total. The first-order valence-electron chi connectivity index (χ1n) is 9.21. The van der Waals surface area contributed by atoms with Gasteiger partial charge in [-0.2, -0.15) is 0 Å². The van der Waals surface area contributed by atoms with Crippen molar-refractivity contribution in [2.24, 2.45) is 5.41 Å². The predicted molar refractivity (Wildman–Crippen MR) is 95.3 cm³/mol. The lowest BCUT2D eigenvalue weighted by molar-refractivity contribution is 0.0678. The molecule has 1 spiro atoms. The summed E-state index contributed by atoms with van der Waals surface area (Å²) in [6.07, 6.45) is 7.05. The van der Waals surface area contributed by atoms with Crippen LogP contribution in [0.5, 0.6) is 0 Å². The number of ether oxygens (including phenoxy) is 2. The summed E-state index contributed by atoms with van der Waals surface area (Å²) < 4.78 is 11.1. The first-order chi connectivity index (χ1) is 11.8. The Morgan fingerprint density at radius 1 is 1.42 bits per heavy atom. The highest BCUT2D eigenvalue weighted by Gasteiger charge is 2.46. The Balaban J connectivity index is 1.38. The smallest absolute Gasteiger partial charge is 0.107 e. The van der Waals surface area contributed by atoms with E-state index >= 15 is 0 Å². The lowest BCUT2D eigenvalue weighted by Crippen LogP contribution is -2.46. The van der Waals surface area contributed by atoms with Gasteiger partial charge in [0.25, 0.3) is 0 Å². The van der Waals surface area contributed by atoms with E-state index in [4.69, 9.17) is 9.47 Å². The standard InChI is InChI=1S/C18H29N3O2S/c1-22-12-16-10-18(14-21(16)11-17-19-5-9-24-17)3-6-20(7-4-18)15-2-8-23-13-15/h5,9,15-16H,2-4,6-8,10-14H2,1H3/t15-,16+/m0/s1. The molecule has 1 aromatic heterocycles. The monoisotopic (exact) mass is 351 g/mol. The van der Waals surface area contributed by atoms with E-state index in [2.05, 4.69) is 20.2 Å². The molecule has 2 atom stereocenters. The Kier molecular flexibility index (Phi) is 5.20. The third-order valence-corrected chi connectivity index (χ3v) is 6.95. The summed E-state index contributed by atoms with van der Waals surface area (Å²) >= 11 is 1.77. The summed E-state index contributed by atoms with van der Waals surface area (Å²) in [5, 5.41) is 3.31. The summed E-state index contributed by atoms with van der Waals surface area (Å²) in [6, 6.07) is 1.21. The van der Waals surface area contributed by atoms with Crippen molar-refractivity contribution in [1.29, 1.82) is 0 Å². The summed E-state index contributed by atoms with van der Waals surface area (Å²) in [6.45, 7) is 7.38. The summed E-state index contributed by atoms with van der Waals surface area (Å²) in [5.41, 5.74) is 0.483. The number of hydrogen-bond donors (Lipinski definition) is 0. The van der Waals surface area contributed by atoms with Crippen molar-refractivity contribution >= 4 is 11.3 Å². The van der Waals surface area contributed by atoms with Crippen LogP contribution in [0.15, 0.2) is 11.6 Å². The number of nitrogens with zero attached hydrogens (tertiary/aromatic N) is 3. The van der Waals surface area contributed by atoms with Crippen molar-refractivity contribution in [1.82, 2.24) is 14.8 Å². The molecule has 0 unspecified atom stereocenters. The molecule has 0 bridgehead atoms. The van der Waals surface area contributed by atoms with E-state index in [1.807, 2.05) is 13.3 Å². The molecule has 0 N–H and O–H groups in total. The van der Waals surface area contributed by atoms with Crippen LogP contribution in [0.4, 0.5) is 0 Å². The molecule has 134 valence electrons. The fourth-order valence-corrected chi connectivity index (χ4v) is 5.48. The third kappa shape index (κ3) is 3.53. The van der Waals surface area contributed by atoms with Gasteiger partial charge in [0, 0.05) is 43.9 Å². The Hall–Kier alpha value is -0.530. The molecule has 3 saturated heterocycles. The molecule has 3 fully saturated rings. The van der Waals surface area contributed by atoms with Crippen molar-refractivity contribution in [2.45, 2.75) is 44.3 Å². The van der Waals surface area contributed by atoms with Crippen LogP contribution < -0.4 is 0 Å². The summed E-state index contributed by atoms with van der Waals surface area (Å²) in [4.78, 5) is 9.78. The molecule has 0 radical (unpaired) electrons. The van der Waals surface area contributed by atoms with Crippen LogP contribution in [0.2, 0.25) is 0 Å². The van der Waals surface area contributed by atoms with Crippen LogP contribution in [0.25, 0.3) is 0 Å². The fourth-order valence-electron chi connectivity index (χ4n) is 4.84. The maximum atomic E-state index is 5.58. The number of aromatic nitrogens is 1. The van der Waals surface area contributed by atoms with Gasteiger partial charge in [-0.15, -0.1) is 11.3 Å². The van der Waals surface area contributed by atoms with Gasteiger partial charge in [-0.1, -0.05) is 0 Å². The minimum absolute atomic E-state index is 0.483. The highest BCUT2D eigenvalue weighted by atomic mass is 32.1. The largest absolute Gasteiger partial charge is 0.383 e. The first-order valence-corrected chi connectivity index (χ1v) is 10.1. The first kappa shape index (κ1) is 16.9. The summed E-state index contributed by atoms with van der Waals surface area (Å²) in [5.74, 6) is 0. The maximum Gasteiger partial charge on any atom is 0.107 e. The van der Waals surface area contributed by atoms with Gasteiger partial charge in [0.15, 0.2) is 0 Å². The van der Waals surface area contributed by atoms with Gasteiger partial charge in [0.05, 0.1) is 19.8 Å². The Bertz CT molecular complexity index is 510. The minimum atomic E-state index is 0.483. The minimum Gasteiger partial charge on any atom is -0.383 e. The average Bonchev–Trinajstić information content (AvgIpc) is 3.32. The quantitative estimate of drug-likeness (QED) is 0.813. The van der Waals surface area contributed by atoms with Crippen molar-refractivity contribution in [3.63, 3.8) is 0 Å². The maximum absolute atomic E-state index is 5.58. The van der Waals surface area contributed by atoms with Crippen LogP contribution in [0.3, 0.4) is 0 Å². The third-order valence-electron chi connectivity index (χ3n) is 6.19. The highest BCUT2D eigenvalue weighted by Crippen LogP contribution is 2.44. The van der Waals surface area contributed by atoms with Gasteiger partial charge in [0.2, 0.25) is 0 Å². The van der Waals surface area contributed by atoms with E-state index in [1.54, 1.807) is 11.3 Å². The van der Waals surface area contributed by atoms with E-state index in [-0.39, 0.29) is 0 Å². The lowest BCUT2D eigenvalue weighted by Gasteiger charge is -2.41. The number of likely N-dealkylation sites (tertiary alicyclic amines) is 2. The molecular weight excluding hydrogens is 322 g/mol. The highest BCUT2D eigenvalue weighted by molar-refractivity contribution is 7.09. The Labute approximate surface area is 148 Å². The topological polar surface area (TPSA) is 37.8 Å². The second-order valence-electron chi connectivity index (χ2n) is 7.70. The van der Waals surface area contributed by atoms with Crippen LogP contribution in [-0.2, 0) is 16.0 Å². The van der Waals surface area contributed by atoms with Crippen molar-refractivity contribution in [2.75, 3.05) is 46.6 Å². The molecule has 4 heterocycles. The molecule has 0 aliphatic carbocycles. The SMILES string of the molecule is COC[C@H]1CC2(CCN([C@H]3CCOC3)CC2)CN1Cc1nccs1. The van der Waals surface area contributed by atoms with Gasteiger partial charge >= 0.3 is 0 Å². The van der Waals surface area contributed by atoms with E-state index in [9.17, 15) is 0 Å². The second kappa shape index (κ2) is 7.38. The van der Waals surface area contributed by atoms with Gasteiger partial charge in [-0.3, -0.25) is 9.80 Å². The van der Waals surface area contributed by atoms with E-state index in [0.29, 0.717) is 17.5 Å². The molecule has 3 aliphatic heterocycles. The number of rotatable bonds is 5. The molecule has 0 saturated carbocycles. The van der Waals surface area contributed by atoms with E-state index in [0.717, 1.165) is 26.4 Å². The van der Waals surface area contributed by atoms with Crippen LogP contribution >= 0.6 is 11.3 Å². The van der Waals surface area contributed by atoms with E-state index in [1.165, 1.54) is 50.3 Å². The average molecular weight is 352 g/mol. The molecule has 4 rings (SSSR count). The van der Waals surface area contributed by atoms with Crippen LogP contribution in [0, 0.1) is 5.41 Å². The zero-order valence-electron chi connectivity index (χ0n) is 14.7. The lowest BCUT2D eigenvalue weighted by atomic mass is 9.76. The number of hydrogen-bond acceptors (Lipinski definition) is 6. The van der Waals surface area contributed by atoms with Gasteiger partial charge in [0.1, 0.15) is 5.01 Å². The Morgan fingerprint density at radius 3 is 2.96 bits per heavy atom. The predicted octanol–water partition coefficient (Wildman–Crippen LogP) is 2.23. The molecule has 1 aromatic rings. The number of thiazole rings is 1. The molecule has 24 heavy (non-hydrogen) atoms. The number of piperidine rings is 1. The second-order valence-corrected chi connectivity index (χ2v) is 8.68. The van der Waals surface area contributed by atoms with Crippen LogP contribution in [-0.4, -0.2) is 73.4 Å². The fraction of sp³-hybridized carbons (Fsp3) is 0.833. The zero-order chi connectivity index (χ0) is 16.4. The van der Waals surface area contributed by atoms with Gasteiger partial charge in [-0.05, 0) is 44.2 Å². The normalized spacial score (nSPS) is 31.2. The molecule has 6 heteroatoms.